The summed E-state index contributed by atoms with van der Waals surface area (Å²) in [6.45, 7) is 0.377. The number of hydrogen-bond donors (Lipinski definition) is 3. The number of aromatic nitrogens is 1. The van der Waals surface area contributed by atoms with E-state index < -0.39 is 41.9 Å². The number of carbonyl (C=O) groups is 4. The van der Waals surface area contributed by atoms with Crippen LogP contribution in [0.4, 0.5) is 14.9 Å². The van der Waals surface area contributed by atoms with Gasteiger partial charge in [-0.1, -0.05) is 29.8 Å². The van der Waals surface area contributed by atoms with Crippen LogP contribution in [0.2, 0.25) is 5.02 Å². The highest BCUT2D eigenvalue weighted by molar-refractivity contribution is 7.11. The second-order valence-corrected chi connectivity index (χ2v) is 12.3. The largest absolute Gasteiger partial charge is 0.481 e. The van der Waals surface area contributed by atoms with Gasteiger partial charge in [0.15, 0.2) is 10.8 Å². The molecular formula is C31H28ClFN6O7S. The second kappa shape index (κ2) is 13.1. The predicted molar refractivity (Wildman–Crippen MR) is 169 cm³/mol. The van der Waals surface area contributed by atoms with Gasteiger partial charge in [0.1, 0.15) is 17.9 Å². The fraction of sp³-hybridized carbons (Fsp3) is 0.290. The van der Waals surface area contributed by atoms with Crippen molar-refractivity contribution in [2.75, 3.05) is 38.2 Å². The molecule has 0 saturated carbocycles. The van der Waals surface area contributed by atoms with Crippen LogP contribution in [0.15, 0.2) is 70.3 Å². The molecule has 0 radical (unpaired) electrons. The van der Waals surface area contributed by atoms with Crippen LogP contribution in [0.3, 0.4) is 0 Å². The molecule has 3 aliphatic rings. The minimum atomic E-state index is -1.16. The van der Waals surface area contributed by atoms with Crippen LogP contribution in [0.5, 0.6) is 0 Å². The van der Waals surface area contributed by atoms with Gasteiger partial charge in [-0.05, 0) is 29.8 Å². The summed E-state index contributed by atoms with van der Waals surface area (Å²) in [4.78, 5) is 64.5. The quantitative estimate of drug-likeness (QED) is 0.286. The molecule has 3 aromatic rings. The van der Waals surface area contributed by atoms with Gasteiger partial charge in [-0.2, -0.15) is 0 Å². The van der Waals surface area contributed by atoms with Crippen LogP contribution < -0.4 is 10.2 Å². The molecule has 0 bridgehead atoms. The Labute approximate surface area is 276 Å². The summed E-state index contributed by atoms with van der Waals surface area (Å²) in [5.41, 5.74) is 1.79. The van der Waals surface area contributed by atoms with Crippen molar-refractivity contribution in [2.24, 2.45) is 4.99 Å². The number of thiazole rings is 1. The lowest BCUT2D eigenvalue weighted by molar-refractivity contribution is -0.147. The fourth-order valence-corrected chi connectivity index (χ4v) is 7.02. The van der Waals surface area contributed by atoms with Crippen molar-refractivity contribution >= 4 is 58.4 Å². The molecule has 244 valence electrons. The van der Waals surface area contributed by atoms with E-state index in [4.69, 9.17) is 26.4 Å². The molecule has 0 unspecified atom stereocenters. The Balaban J connectivity index is 1.34. The maximum atomic E-state index is 14.0. The van der Waals surface area contributed by atoms with Gasteiger partial charge in [-0.3, -0.25) is 24.4 Å². The molecule has 16 heteroatoms. The molecule has 4 heterocycles. The minimum Gasteiger partial charge on any atom is -0.481 e. The zero-order valence-corrected chi connectivity index (χ0v) is 26.4. The number of carboxylic acid groups (broad SMARTS) is 2. The van der Waals surface area contributed by atoms with E-state index in [1.807, 2.05) is 0 Å². The Morgan fingerprint density at radius 1 is 1.15 bits per heavy atom. The number of aliphatic carboxylic acids is 2. The first-order valence-corrected chi connectivity index (χ1v) is 15.7. The van der Waals surface area contributed by atoms with Crippen LogP contribution in [0.1, 0.15) is 22.2 Å². The number of benzene rings is 2. The van der Waals surface area contributed by atoms with E-state index >= 15 is 0 Å². The molecule has 3 N–H and O–H groups in total. The van der Waals surface area contributed by atoms with Crippen LogP contribution in [0.25, 0.3) is 0 Å². The molecule has 6 rings (SSSR count). The summed E-state index contributed by atoms with van der Waals surface area (Å²) in [5.74, 6) is -3.13. The molecule has 47 heavy (non-hydrogen) atoms. The average Bonchev–Trinajstić information content (AvgIpc) is 3.69. The van der Waals surface area contributed by atoms with Gasteiger partial charge in [0.2, 0.25) is 0 Å². The van der Waals surface area contributed by atoms with Crippen molar-refractivity contribution in [1.82, 2.24) is 20.1 Å². The number of carboxylic acids is 2. The molecule has 3 aliphatic heterocycles. The number of amidine groups is 1. The van der Waals surface area contributed by atoms with Gasteiger partial charge in [-0.15, -0.1) is 11.3 Å². The number of carbonyl (C=O) groups excluding carboxylic acids is 2. The van der Waals surface area contributed by atoms with Gasteiger partial charge in [0, 0.05) is 53.2 Å². The zero-order chi connectivity index (χ0) is 33.4. The lowest BCUT2D eigenvalue weighted by atomic mass is 9.94. The number of fused-ring (bicyclic) bond motifs is 1. The molecule has 0 spiro atoms. The standard InChI is InChI=1S/C31H28ClFN6O7S/c1-46-30(44)24-21(35-27(28-34-8-11-47-28)36-25(24)19-7-4-17(33)13-20(19)32)14-37-9-10-38-22(26(37)29(42)43)15-39(31(38)45)18-5-2-16(3-6-18)12-23(40)41/h2-8,11,13,22,25-26H,9-10,12,14-15H2,1H3,(H,35,36)(H,40,41)(H,42,43)/t22-,25+,26+/m1/s1. The van der Waals surface area contributed by atoms with Crippen molar-refractivity contribution in [3.8, 4) is 0 Å². The van der Waals surface area contributed by atoms with Crippen LogP contribution in [-0.2, 0) is 25.5 Å². The van der Waals surface area contributed by atoms with Gasteiger partial charge in [-0.25, -0.2) is 19.0 Å². The second-order valence-electron chi connectivity index (χ2n) is 11.0. The average molecular weight is 683 g/mol. The van der Waals surface area contributed by atoms with Gasteiger partial charge < -0.3 is 25.2 Å². The number of amides is 2. The number of nitrogens with zero attached hydrogens (tertiary/aromatic N) is 5. The first kappa shape index (κ1) is 32.1. The Bertz CT molecular complexity index is 1800. The number of piperazine rings is 1. The van der Waals surface area contributed by atoms with E-state index in [0.29, 0.717) is 33.4 Å². The Kier molecular flexibility index (Phi) is 8.94. The molecule has 1 aromatic heterocycles. The van der Waals surface area contributed by atoms with E-state index in [-0.39, 0.29) is 49.2 Å². The van der Waals surface area contributed by atoms with E-state index in [2.05, 4.69) is 10.3 Å². The number of esters is 1. The Morgan fingerprint density at radius 2 is 1.91 bits per heavy atom. The lowest BCUT2D eigenvalue weighted by Gasteiger charge is -2.42. The zero-order valence-electron chi connectivity index (χ0n) is 24.8. The molecule has 13 nitrogen and oxygen atoms in total. The number of ether oxygens (including phenoxy) is 1. The maximum absolute atomic E-state index is 14.0. The summed E-state index contributed by atoms with van der Waals surface area (Å²) in [6.07, 6.45) is 1.42. The first-order chi connectivity index (χ1) is 22.5. The number of urea groups is 1. The molecule has 2 amide bonds. The number of methoxy groups -OCH3 is 1. The van der Waals surface area contributed by atoms with Crippen molar-refractivity contribution in [3.63, 3.8) is 0 Å². The normalized spacial score (nSPS) is 21.3. The van der Waals surface area contributed by atoms with Crippen molar-refractivity contribution < 1.29 is 38.5 Å². The first-order valence-electron chi connectivity index (χ1n) is 14.4. The minimum absolute atomic E-state index is 0.0393. The maximum Gasteiger partial charge on any atom is 0.338 e. The fourth-order valence-electron chi connectivity index (χ4n) is 6.16. The van der Waals surface area contributed by atoms with Crippen molar-refractivity contribution in [3.05, 3.63) is 92.3 Å². The summed E-state index contributed by atoms with van der Waals surface area (Å²) in [5, 5.41) is 25.0. The highest BCUT2D eigenvalue weighted by Gasteiger charge is 2.50. The SMILES string of the molecule is COC(=O)C1=C(CN2CCN3C(=O)N(c4ccc(CC(=O)O)cc4)C[C@@H]3[C@H]2C(=O)O)NC(c2nccs2)=N[C@H]1c1ccc(F)cc1Cl. The third-order valence-electron chi connectivity index (χ3n) is 8.27. The number of anilines is 1. The van der Waals surface area contributed by atoms with Gasteiger partial charge in [0.05, 0.1) is 31.7 Å². The van der Waals surface area contributed by atoms with E-state index in [0.717, 1.165) is 6.07 Å². The molecule has 2 aromatic carbocycles. The molecule has 0 aliphatic carbocycles. The third-order valence-corrected chi connectivity index (χ3v) is 9.38. The third kappa shape index (κ3) is 6.28. The summed E-state index contributed by atoms with van der Waals surface area (Å²) < 4.78 is 19.2. The number of halogens is 2. The molecule has 2 fully saturated rings. The molecule has 2 saturated heterocycles. The number of hydrogen-bond acceptors (Lipinski definition) is 10. The van der Waals surface area contributed by atoms with E-state index in [9.17, 15) is 28.7 Å². The predicted octanol–water partition coefficient (Wildman–Crippen LogP) is 3.16. The highest BCUT2D eigenvalue weighted by Crippen LogP contribution is 2.38. The smallest absolute Gasteiger partial charge is 0.338 e. The number of rotatable bonds is 9. The van der Waals surface area contributed by atoms with Crippen LogP contribution >= 0.6 is 22.9 Å². The van der Waals surface area contributed by atoms with Gasteiger partial charge in [0.25, 0.3) is 0 Å². The van der Waals surface area contributed by atoms with Crippen molar-refractivity contribution in [1.29, 1.82) is 0 Å². The Morgan fingerprint density at radius 3 is 2.55 bits per heavy atom. The topological polar surface area (TPSA) is 165 Å². The Hall–Kier alpha value is -4.86. The van der Waals surface area contributed by atoms with Crippen molar-refractivity contribution in [2.45, 2.75) is 24.5 Å². The number of aliphatic imine (C=N–C) groups is 1. The monoisotopic (exact) mass is 682 g/mol. The summed E-state index contributed by atoms with van der Waals surface area (Å²) in [6, 6.07) is 7.00. The lowest BCUT2D eigenvalue weighted by Crippen LogP contribution is -2.62. The van der Waals surface area contributed by atoms with Gasteiger partial charge >= 0.3 is 23.9 Å². The molecule has 3 atom stereocenters. The van der Waals surface area contributed by atoms with Crippen LogP contribution in [-0.4, -0.2) is 100 Å². The summed E-state index contributed by atoms with van der Waals surface area (Å²) in [7, 11) is 1.21. The van der Waals surface area contributed by atoms with E-state index in [1.165, 1.54) is 40.4 Å². The van der Waals surface area contributed by atoms with Crippen LogP contribution in [0, 0.1) is 5.82 Å². The summed E-state index contributed by atoms with van der Waals surface area (Å²) >= 11 is 7.74. The molecular weight excluding hydrogens is 655 g/mol. The highest BCUT2D eigenvalue weighted by atomic mass is 35.5. The van der Waals surface area contributed by atoms with E-state index in [1.54, 1.807) is 40.7 Å². The number of nitrogens with one attached hydrogen (secondary N) is 1.